The molecule has 0 aliphatic heterocycles. The van der Waals surface area contributed by atoms with Crippen molar-refractivity contribution < 1.29 is 9.53 Å². The van der Waals surface area contributed by atoms with Gasteiger partial charge >= 0.3 is 0 Å². The molecule has 0 saturated heterocycles. The van der Waals surface area contributed by atoms with Crippen molar-refractivity contribution in [2.45, 2.75) is 38.7 Å². The first-order valence-electron chi connectivity index (χ1n) is 9.16. The maximum Gasteiger partial charge on any atom is 0.257 e. The average Bonchev–Trinajstić information content (AvgIpc) is 2.67. The predicted molar refractivity (Wildman–Crippen MR) is 110 cm³/mol. The molecule has 4 nitrogen and oxygen atoms in total. The Hall–Kier alpha value is -2.72. The molecule has 0 radical (unpaired) electrons. The summed E-state index contributed by atoms with van der Waals surface area (Å²) in [6.07, 6.45) is 8.73. The minimum Gasteiger partial charge on any atom is -0.377 e. The van der Waals surface area contributed by atoms with Gasteiger partial charge in [-0.15, -0.1) is 0 Å². The number of pyridine rings is 1. The van der Waals surface area contributed by atoms with Crippen LogP contribution in [-0.4, -0.2) is 24.1 Å². The van der Waals surface area contributed by atoms with Crippen molar-refractivity contribution in [2.75, 3.05) is 12.4 Å². The van der Waals surface area contributed by atoms with E-state index >= 15 is 0 Å². The second-order valence-corrected chi connectivity index (χ2v) is 7.75. The molecular weight excluding hydrogens is 336 g/mol. The van der Waals surface area contributed by atoms with E-state index in [1.54, 1.807) is 19.4 Å². The summed E-state index contributed by atoms with van der Waals surface area (Å²) in [6, 6.07) is 11.6. The van der Waals surface area contributed by atoms with Gasteiger partial charge in [0.2, 0.25) is 0 Å². The Labute approximate surface area is 161 Å². The van der Waals surface area contributed by atoms with Crippen molar-refractivity contribution in [2.24, 2.45) is 0 Å². The zero-order valence-electron chi connectivity index (χ0n) is 16.3. The van der Waals surface area contributed by atoms with Crippen LogP contribution >= 0.6 is 0 Å². The van der Waals surface area contributed by atoms with E-state index in [0.717, 1.165) is 23.4 Å². The lowest BCUT2D eigenvalue weighted by molar-refractivity contribution is 0.102. The molecule has 0 fully saturated rings. The molecule has 1 heterocycles. The van der Waals surface area contributed by atoms with Crippen molar-refractivity contribution in [3.63, 3.8) is 0 Å². The van der Waals surface area contributed by atoms with Crippen molar-refractivity contribution in [3.05, 3.63) is 77.6 Å². The molecule has 27 heavy (non-hydrogen) atoms. The number of aromatic nitrogens is 1. The predicted octanol–water partition coefficient (Wildman–Crippen LogP) is 4.99. The first kappa shape index (κ1) is 19.1. The van der Waals surface area contributed by atoms with Crippen LogP contribution in [0.3, 0.4) is 0 Å². The SMILES string of the molecule is CO[C@H]1C=C(c2ccc(C(=O)Nc3cccc(C(C)(C)C)c3)cn2)C=CC1. The summed E-state index contributed by atoms with van der Waals surface area (Å²) in [4.78, 5) is 17.0. The van der Waals surface area contributed by atoms with Gasteiger partial charge in [0.05, 0.1) is 17.4 Å². The zero-order chi connectivity index (χ0) is 19.4. The molecule has 1 atom stereocenters. The third-order valence-electron chi connectivity index (χ3n) is 4.64. The van der Waals surface area contributed by atoms with Crippen LogP contribution in [0, 0.1) is 0 Å². The van der Waals surface area contributed by atoms with Gasteiger partial charge in [-0.1, -0.05) is 45.1 Å². The molecule has 0 bridgehead atoms. The largest absolute Gasteiger partial charge is 0.377 e. The Morgan fingerprint density at radius 2 is 2.04 bits per heavy atom. The summed E-state index contributed by atoms with van der Waals surface area (Å²) in [5.41, 5.74) is 4.38. The first-order chi connectivity index (χ1) is 12.9. The number of methoxy groups -OCH3 is 1. The van der Waals surface area contributed by atoms with Crippen LogP contribution in [0.4, 0.5) is 5.69 Å². The van der Waals surface area contributed by atoms with Crippen LogP contribution in [-0.2, 0) is 10.2 Å². The highest BCUT2D eigenvalue weighted by atomic mass is 16.5. The summed E-state index contributed by atoms with van der Waals surface area (Å²) in [5.74, 6) is -0.164. The summed E-state index contributed by atoms with van der Waals surface area (Å²) < 4.78 is 5.39. The van der Waals surface area contributed by atoms with E-state index in [9.17, 15) is 4.79 Å². The van der Waals surface area contributed by atoms with Gasteiger partial charge in [0.15, 0.2) is 0 Å². The maximum atomic E-state index is 12.6. The normalized spacial score (nSPS) is 16.7. The minimum absolute atomic E-state index is 0.0330. The van der Waals surface area contributed by atoms with Crippen molar-refractivity contribution in [1.82, 2.24) is 4.98 Å². The molecule has 0 saturated carbocycles. The number of rotatable bonds is 4. The molecule has 2 aromatic rings. The Bertz CT molecular complexity index is 874. The number of hydrogen-bond acceptors (Lipinski definition) is 3. The van der Waals surface area contributed by atoms with Crippen LogP contribution in [0.15, 0.2) is 60.8 Å². The molecule has 1 N–H and O–H groups in total. The molecule has 0 spiro atoms. The molecule has 1 aliphatic rings. The number of nitrogens with one attached hydrogen (secondary N) is 1. The Morgan fingerprint density at radius 1 is 1.22 bits per heavy atom. The summed E-state index contributed by atoms with van der Waals surface area (Å²) in [6.45, 7) is 6.46. The van der Waals surface area contributed by atoms with E-state index < -0.39 is 0 Å². The number of carbonyl (C=O) groups is 1. The first-order valence-corrected chi connectivity index (χ1v) is 9.16. The number of anilines is 1. The van der Waals surface area contributed by atoms with E-state index in [-0.39, 0.29) is 17.4 Å². The molecular formula is C23H26N2O2. The molecule has 1 aliphatic carbocycles. The number of amides is 1. The van der Waals surface area contributed by atoms with E-state index in [1.165, 1.54) is 5.56 Å². The standard InChI is InChI=1S/C23H26N2O2/c1-23(2,3)18-8-6-9-19(14-18)25-22(26)17-11-12-21(24-15-17)16-7-5-10-20(13-16)27-4/h5-9,11-15,20H,10H2,1-4H3,(H,25,26)/t20-/m1/s1. The second-order valence-electron chi connectivity index (χ2n) is 7.75. The summed E-state index contributed by atoms with van der Waals surface area (Å²) in [7, 11) is 1.70. The van der Waals surface area contributed by atoms with Gasteiger partial charge in [0.25, 0.3) is 5.91 Å². The van der Waals surface area contributed by atoms with E-state index in [4.69, 9.17) is 4.74 Å². The van der Waals surface area contributed by atoms with Gasteiger partial charge < -0.3 is 10.1 Å². The average molecular weight is 362 g/mol. The monoisotopic (exact) mass is 362 g/mol. The van der Waals surface area contributed by atoms with Crippen LogP contribution in [0.1, 0.15) is 48.8 Å². The van der Waals surface area contributed by atoms with Gasteiger partial charge in [-0.3, -0.25) is 9.78 Å². The van der Waals surface area contributed by atoms with E-state index in [1.807, 2.05) is 30.3 Å². The quantitative estimate of drug-likeness (QED) is 0.833. The van der Waals surface area contributed by atoms with Crippen LogP contribution in [0.5, 0.6) is 0 Å². The number of carbonyl (C=O) groups excluding carboxylic acids is 1. The van der Waals surface area contributed by atoms with Gasteiger partial charge in [-0.05, 0) is 53.3 Å². The highest BCUT2D eigenvalue weighted by Gasteiger charge is 2.15. The van der Waals surface area contributed by atoms with E-state index in [2.05, 4.69) is 49.3 Å². The van der Waals surface area contributed by atoms with Gasteiger partial charge in [-0.25, -0.2) is 0 Å². The molecule has 1 amide bonds. The molecule has 4 heteroatoms. The van der Waals surface area contributed by atoms with Gasteiger partial charge in [0.1, 0.15) is 0 Å². The Balaban J connectivity index is 1.73. The molecule has 0 unspecified atom stereocenters. The Kier molecular flexibility index (Phi) is 5.57. The summed E-state index contributed by atoms with van der Waals surface area (Å²) >= 11 is 0. The lowest BCUT2D eigenvalue weighted by Gasteiger charge is -2.20. The number of allylic oxidation sites excluding steroid dienone is 2. The molecule has 140 valence electrons. The van der Waals surface area contributed by atoms with Gasteiger partial charge in [-0.2, -0.15) is 0 Å². The zero-order valence-corrected chi connectivity index (χ0v) is 16.3. The third kappa shape index (κ3) is 4.72. The fraction of sp³-hybridized carbons (Fsp3) is 0.304. The smallest absolute Gasteiger partial charge is 0.257 e. The lowest BCUT2D eigenvalue weighted by Crippen LogP contribution is -2.15. The Morgan fingerprint density at radius 3 is 2.70 bits per heavy atom. The molecule has 1 aromatic carbocycles. The van der Waals surface area contributed by atoms with Crippen molar-refractivity contribution in [1.29, 1.82) is 0 Å². The maximum absolute atomic E-state index is 12.6. The summed E-state index contributed by atoms with van der Waals surface area (Å²) in [5, 5.41) is 2.96. The highest BCUT2D eigenvalue weighted by molar-refractivity contribution is 6.04. The topological polar surface area (TPSA) is 51.2 Å². The second kappa shape index (κ2) is 7.89. The minimum atomic E-state index is -0.164. The van der Waals surface area contributed by atoms with Crippen LogP contribution in [0.25, 0.3) is 5.57 Å². The van der Waals surface area contributed by atoms with Crippen molar-refractivity contribution in [3.8, 4) is 0 Å². The highest BCUT2D eigenvalue weighted by Crippen LogP contribution is 2.25. The van der Waals surface area contributed by atoms with E-state index in [0.29, 0.717) is 5.56 Å². The van der Waals surface area contributed by atoms with Crippen LogP contribution < -0.4 is 5.32 Å². The fourth-order valence-electron chi connectivity index (χ4n) is 2.95. The molecule has 1 aromatic heterocycles. The third-order valence-corrected chi connectivity index (χ3v) is 4.64. The lowest BCUT2D eigenvalue weighted by atomic mass is 9.87. The van der Waals surface area contributed by atoms with Gasteiger partial charge in [0, 0.05) is 19.0 Å². The molecule has 3 rings (SSSR count). The fourth-order valence-corrected chi connectivity index (χ4v) is 2.95. The van der Waals surface area contributed by atoms with Crippen LogP contribution in [0.2, 0.25) is 0 Å². The number of nitrogens with zero attached hydrogens (tertiary/aromatic N) is 1. The van der Waals surface area contributed by atoms with Crippen molar-refractivity contribution >= 4 is 17.2 Å². The number of ether oxygens (including phenoxy) is 1. The number of hydrogen-bond donors (Lipinski definition) is 1. The number of benzene rings is 1.